The van der Waals surface area contributed by atoms with Crippen LogP contribution in [0.1, 0.15) is 21.5 Å². The van der Waals surface area contributed by atoms with Gasteiger partial charge in [-0.15, -0.1) is 0 Å². The molecule has 1 atom stereocenters. The zero-order chi connectivity index (χ0) is 14.0. The SMILES string of the molecule is Cc1c(Cl)cccc1C(Br)Cc1ccc(F)cc1F. The largest absolute Gasteiger partial charge is 0.207 e. The minimum absolute atomic E-state index is 0.0637. The van der Waals surface area contributed by atoms with Crippen LogP contribution in [-0.2, 0) is 6.42 Å². The van der Waals surface area contributed by atoms with E-state index in [-0.39, 0.29) is 4.83 Å². The predicted octanol–water partition coefficient (Wildman–Crippen LogP) is 5.61. The first kappa shape index (κ1) is 14.5. The van der Waals surface area contributed by atoms with Gasteiger partial charge in [0.1, 0.15) is 11.6 Å². The van der Waals surface area contributed by atoms with Gasteiger partial charge in [-0.3, -0.25) is 0 Å². The standard InChI is InChI=1S/C15H12BrClF2/c1-9-12(3-2-4-14(9)17)13(16)7-10-5-6-11(18)8-15(10)19/h2-6,8,13H,7H2,1H3. The summed E-state index contributed by atoms with van der Waals surface area (Å²) in [5.74, 6) is -1.09. The minimum Gasteiger partial charge on any atom is -0.207 e. The second kappa shape index (κ2) is 6.02. The summed E-state index contributed by atoms with van der Waals surface area (Å²) in [6, 6.07) is 9.27. The van der Waals surface area contributed by atoms with Gasteiger partial charge in [0, 0.05) is 15.9 Å². The molecule has 0 bridgehead atoms. The third-order valence-corrected chi connectivity index (χ3v) is 4.29. The Morgan fingerprint density at radius 1 is 1.21 bits per heavy atom. The highest BCUT2D eigenvalue weighted by molar-refractivity contribution is 9.09. The molecule has 0 heterocycles. The smallest absolute Gasteiger partial charge is 0.129 e. The van der Waals surface area contributed by atoms with Crippen molar-refractivity contribution in [1.29, 1.82) is 0 Å². The van der Waals surface area contributed by atoms with Crippen molar-refractivity contribution < 1.29 is 8.78 Å². The molecule has 0 aliphatic heterocycles. The van der Waals surface area contributed by atoms with Crippen molar-refractivity contribution in [2.45, 2.75) is 18.2 Å². The first-order chi connectivity index (χ1) is 8.99. The molecule has 2 rings (SSSR count). The highest BCUT2D eigenvalue weighted by atomic mass is 79.9. The summed E-state index contributed by atoms with van der Waals surface area (Å²) in [5, 5.41) is 0.682. The van der Waals surface area contributed by atoms with E-state index in [0.717, 1.165) is 17.2 Å². The van der Waals surface area contributed by atoms with E-state index >= 15 is 0 Å². The van der Waals surface area contributed by atoms with E-state index in [1.165, 1.54) is 12.1 Å². The highest BCUT2D eigenvalue weighted by Crippen LogP contribution is 2.32. The molecule has 0 amide bonds. The summed E-state index contributed by atoms with van der Waals surface area (Å²) in [6.45, 7) is 1.92. The Balaban J connectivity index is 2.25. The number of hydrogen-bond donors (Lipinski definition) is 0. The zero-order valence-corrected chi connectivity index (χ0v) is 12.6. The normalized spacial score (nSPS) is 12.5. The number of rotatable bonds is 3. The second-order valence-corrected chi connectivity index (χ2v) is 5.87. The zero-order valence-electron chi connectivity index (χ0n) is 10.3. The second-order valence-electron chi connectivity index (χ2n) is 4.36. The van der Waals surface area contributed by atoms with Gasteiger partial charge in [0.05, 0.1) is 0 Å². The predicted molar refractivity (Wildman–Crippen MR) is 77.9 cm³/mol. The van der Waals surface area contributed by atoms with Crippen LogP contribution in [0.5, 0.6) is 0 Å². The van der Waals surface area contributed by atoms with Crippen molar-refractivity contribution >= 4 is 27.5 Å². The van der Waals surface area contributed by atoms with Gasteiger partial charge >= 0.3 is 0 Å². The van der Waals surface area contributed by atoms with Crippen molar-refractivity contribution in [1.82, 2.24) is 0 Å². The average Bonchev–Trinajstić information content (AvgIpc) is 2.36. The number of benzene rings is 2. The molecule has 4 heteroatoms. The molecule has 0 aromatic heterocycles. The molecule has 0 fully saturated rings. The van der Waals surface area contributed by atoms with E-state index in [9.17, 15) is 8.78 Å². The monoisotopic (exact) mass is 344 g/mol. The average molecular weight is 346 g/mol. The maximum Gasteiger partial charge on any atom is 0.129 e. The molecule has 0 aliphatic carbocycles. The van der Waals surface area contributed by atoms with Gasteiger partial charge in [-0.05, 0) is 42.2 Å². The third kappa shape index (κ3) is 3.34. The molecule has 0 aliphatic rings. The summed E-state index contributed by atoms with van der Waals surface area (Å²) in [6.07, 6.45) is 0.438. The lowest BCUT2D eigenvalue weighted by molar-refractivity contribution is 0.571. The van der Waals surface area contributed by atoms with E-state index < -0.39 is 11.6 Å². The molecule has 0 saturated carbocycles. The molecular weight excluding hydrogens is 334 g/mol. The molecule has 0 saturated heterocycles. The number of halogens is 4. The van der Waals surface area contributed by atoms with Crippen LogP contribution in [0.25, 0.3) is 0 Å². The number of hydrogen-bond acceptors (Lipinski definition) is 0. The third-order valence-electron chi connectivity index (χ3n) is 3.06. The van der Waals surface area contributed by atoms with Crippen LogP contribution >= 0.6 is 27.5 Å². The molecule has 0 nitrogen and oxygen atoms in total. The molecule has 0 radical (unpaired) electrons. The van der Waals surface area contributed by atoms with Crippen LogP contribution in [0.2, 0.25) is 5.02 Å². The van der Waals surface area contributed by atoms with Crippen molar-refractivity contribution in [2.75, 3.05) is 0 Å². The van der Waals surface area contributed by atoms with Crippen LogP contribution < -0.4 is 0 Å². The Kier molecular flexibility index (Phi) is 4.58. The summed E-state index contributed by atoms with van der Waals surface area (Å²) in [7, 11) is 0. The Morgan fingerprint density at radius 2 is 1.95 bits per heavy atom. The molecular formula is C15H12BrClF2. The highest BCUT2D eigenvalue weighted by Gasteiger charge is 2.15. The van der Waals surface area contributed by atoms with Crippen LogP contribution in [0.3, 0.4) is 0 Å². The fourth-order valence-electron chi connectivity index (χ4n) is 1.95. The lowest BCUT2D eigenvalue weighted by Gasteiger charge is -2.14. The van der Waals surface area contributed by atoms with Gasteiger partial charge in [0.25, 0.3) is 0 Å². The molecule has 2 aromatic carbocycles. The van der Waals surface area contributed by atoms with Crippen LogP contribution in [0.4, 0.5) is 8.78 Å². The first-order valence-electron chi connectivity index (χ1n) is 5.82. The minimum atomic E-state index is -0.564. The van der Waals surface area contributed by atoms with Crippen LogP contribution in [0, 0.1) is 18.6 Å². The van der Waals surface area contributed by atoms with Crippen LogP contribution in [-0.4, -0.2) is 0 Å². The van der Waals surface area contributed by atoms with Gasteiger partial charge in [-0.2, -0.15) is 0 Å². The summed E-state index contributed by atoms with van der Waals surface area (Å²) in [4.78, 5) is -0.0637. The van der Waals surface area contributed by atoms with E-state index in [2.05, 4.69) is 15.9 Å². The van der Waals surface area contributed by atoms with Crippen molar-refractivity contribution in [2.24, 2.45) is 0 Å². The van der Waals surface area contributed by atoms with E-state index in [4.69, 9.17) is 11.6 Å². The van der Waals surface area contributed by atoms with E-state index in [1.807, 2.05) is 25.1 Å². The quantitative estimate of drug-likeness (QED) is 0.635. The Morgan fingerprint density at radius 3 is 2.63 bits per heavy atom. The Hall–Kier alpha value is -0.930. The fraction of sp³-hybridized carbons (Fsp3) is 0.200. The first-order valence-corrected chi connectivity index (χ1v) is 7.11. The van der Waals surface area contributed by atoms with Gasteiger partial charge in [-0.25, -0.2) is 8.78 Å². The van der Waals surface area contributed by atoms with E-state index in [0.29, 0.717) is 17.0 Å². The maximum atomic E-state index is 13.6. The molecule has 1 unspecified atom stereocenters. The Bertz CT molecular complexity index is 599. The molecule has 2 aromatic rings. The molecule has 19 heavy (non-hydrogen) atoms. The van der Waals surface area contributed by atoms with E-state index in [1.54, 1.807) is 0 Å². The molecule has 100 valence electrons. The van der Waals surface area contributed by atoms with Gasteiger partial charge < -0.3 is 0 Å². The summed E-state index contributed by atoms with van der Waals surface area (Å²) in [5.41, 5.74) is 2.45. The topological polar surface area (TPSA) is 0 Å². The fourth-order valence-corrected chi connectivity index (χ4v) is 2.98. The van der Waals surface area contributed by atoms with Crippen molar-refractivity contribution in [3.05, 3.63) is 69.7 Å². The van der Waals surface area contributed by atoms with Crippen molar-refractivity contribution in [3.8, 4) is 0 Å². The van der Waals surface area contributed by atoms with Gasteiger partial charge in [0.2, 0.25) is 0 Å². The number of alkyl halides is 1. The maximum absolute atomic E-state index is 13.6. The van der Waals surface area contributed by atoms with Crippen molar-refractivity contribution in [3.63, 3.8) is 0 Å². The van der Waals surface area contributed by atoms with Gasteiger partial charge in [0.15, 0.2) is 0 Å². The lowest BCUT2D eigenvalue weighted by Crippen LogP contribution is -2.01. The molecule has 0 spiro atoms. The van der Waals surface area contributed by atoms with Crippen LogP contribution in [0.15, 0.2) is 36.4 Å². The summed E-state index contributed by atoms with van der Waals surface area (Å²) >= 11 is 9.61. The van der Waals surface area contributed by atoms with Gasteiger partial charge in [-0.1, -0.05) is 45.7 Å². The Labute approximate surface area is 124 Å². The molecule has 0 N–H and O–H groups in total. The lowest BCUT2D eigenvalue weighted by atomic mass is 10.00. The summed E-state index contributed by atoms with van der Waals surface area (Å²) < 4.78 is 26.5.